The third kappa shape index (κ3) is 1.93. The van der Waals surface area contributed by atoms with E-state index in [0.717, 1.165) is 18.4 Å². The number of rotatable bonds is 3. The molecule has 0 spiro atoms. The predicted octanol–water partition coefficient (Wildman–Crippen LogP) is 1.47. The Morgan fingerprint density at radius 2 is 2.20 bits per heavy atom. The summed E-state index contributed by atoms with van der Waals surface area (Å²) in [6.07, 6.45) is 4.98. The van der Waals surface area contributed by atoms with Gasteiger partial charge in [0.05, 0.1) is 24.2 Å². The predicted molar refractivity (Wildman–Crippen MR) is 55.4 cm³/mol. The van der Waals surface area contributed by atoms with Crippen LogP contribution in [0.25, 0.3) is 0 Å². The first-order valence-corrected chi connectivity index (χ1v) is 5.19. The summed E-state index contributed by atoms with van der Waals surface area (Å²) in [5, 5.41) is 0. The van der Waals surface area contributed by atoms with Crippen LogP contribution < -0.4 is 5.73 Å². The normalized spacial score (nSPS) is 22.5. The van der Waals surface area contributed by atoms with Crippen molar-refractivity contribution in [2.45, 2.75) is 24.5 Å². The number of furan rings is 1. The largest absolute Gasteiger partial charge is 0.472 e. The van der Waals surface area contributed by atoms with Gasteiger partial charge in [-0.1, -0.05) is 0 Å². The second-order valence-corrected chi connectivity index (χ2v) is 3.92. The Kier molecular flexibility index (Phi) is 3.09. The zero-order chi connectivity index (χ0) is 10.7. The van der Waals surface area contributed by atoms with Gasteiger partial charge in [-0.05, 0) is 6.07 Å². The molecule has 1 saturated heterocycles. The summed E-state index contributed by atoms with van der Waals surface area (Å²) in [5.41, 5.74) is 6.90. The van der Waals surface area contributed by atoms with E-state index >= 15 is 0 Å². The molecule has 1 unspecified atom stereocenters. The first-order chi connectivity index (χ1) is 7.28. The molecule has 0 radical (unpaired) electrons. The minimum absolute atomic E-state index is 0.148. The molecule has 4 heteroatoms. The lowest BCUT2D eigenvalue weighted by molar-refractivity contribution is -0.105. The number of hydrogen-bond donors (Lipinski definition) is 1. The van der Waals surface area contributed by atoms with Crippen LogP contribution in [0.15, 0.2) is 23.0 Å². The van der Waals surface area contributed by atoms with Crippen LogP contribution in [0.1, 0.15) is 24.4 Å². The maximum atomic E-state index is 6.22. The molecule has 1 atom stereocenters. The summed E-state index contributed by atoms with van der Waals surface area (Å²) in [6, 6.07) is 1.74. The second kappa shape index (κ2) is 4.35. The molecule has 1 aliphatic rings. The average Bonchev–Trinajstić information content (AvgIpc) is 2.82. The molecule has 0 saturated carbocycles. The highest BCUT2D eigenvalue weighted by atomic mass is 16.5. The lowest BCUT2D eigenvalue weighted by Gasteiger charge is -2.40. The van der Waals surface area contributed by atoms with E-state index < -0.39 is 0 Å². The van der Waals surface area contributed by atoms with Gasteiger partial charge >= 0.3 is 0 Å². The summed E-state index contributed by atoms with van der Waals surface area (Å²) in [5.74, 6) is 0. The third-order valence-corrected chi connectivity index (χ3v) is 3.21. The number of methoxy groups -OCH3 is 1. The molecule has 0 aliphatic carbocycles. The van der Waals surface area contributed by atoms with Crippen LogP contribution in [-0.2, 0) is 9.47 Å². The third-order valence-electron chi connectivity index (χ3n) is 3.21. The maximum absolute atomic E-state index is 6.22. The van der Waals surface area contributed by atoms with Crippen LogP contribution in [0, 0.1) is 0 Å². The first-order valence-electron chi connectivity index (χ1n) is 5.19. The van der Waals surface area contributed by atoms with E-state index in [4.69, 9.17) is 19.6 Å². The zero-order valence-electron chi connectivity index (χ0n) is 8.94. The molecule has 1 aliphatic heterocycles. The molecule has 84 valence electrons. The van der Waals surface area contributed by atoms with Crippen LogP contribution in [0.3, 0.4) is 0 Å². The van der Waals surface area contributed by atoms with E-state index in [1.54, 1.807) is 19.6 Å². The summed E-state index contributed by atoms with van der Waals surface area (Å²) >= 11 is 0. The van der Waals surface area contributed by atoms with Crippen molar-refractivity contribution in [1.29, 1.82) is 0 Å². The monoisotopic (exact) mass is 211 g/mol. The van der Waals surface area contributed by atoms with Crippen molar-refractivity contribution in [3.8, 4) is 0 Å². The topological polar surface area (TPSA) is 57.6 Å². The smallest absolute Gasteiger partial charge is 0.0951 e. The molecular weight excluding hydrogens is 194 g/mol. The lowest BCUT2D eigenvalue weighted by atomic mass is 9.83. The van der Waals surface area contributed by atoms with Crippen LogP contribution in [-0.4, -0.2) is 25.9 Å². The van der Waals surface area contributed by atoms with Crippen LogP contribution in [0.4, 0.5) is 0 Å². The van der Waals surface area contributed by atoms with E-state index in [0.29, 0.717) is 13.2 Å². The zero-order valence-corrected chi connectivity index (χ0v) is 8.94. The molecule has 0 bridgehead atoms. The van der Waals surface area contributed by atoms with Gasteiger partial charge in [0.15, 0.2) is 0 Å². The Balaban J connectivity index is 2.18. The molecule has 0 aromatic carbocycles. The first kappa shape index (κ1) is 10.7. The highest BCUT2D eigenvalue weighted by molar-refractivity contribution is 5.16. The van der Waals surface area contributed by atoms with Gasteiger partial charge in [0.1, 0.15) is 0 Å². The Labute approximate surface area is 89.3 Å². The van der Waals surface area contributed by atoms with E-state index in [9.17, 15) is 0 Å². The van der Waals surface area contributed by atoms with Crippen molar-refractivity contribution in [1.82, 2.24) is 0 Å². The fourth-order valence-electron chi connectivity index (χ4n) is 2.11. The Hall–Kier alpha value is -0.840. The van der Waals surface area contributed by atoms with Gasteiger partial charge in [0, 0.05) is 38.7 Å². The molecule has 1 aromatic rings. The molecule has 2 heterocycles. The van der Waals surface area contributed by atoms with Gasteiger partial charge in [0.2, 0.25) is 0 Å². The minimum Gasteiger partial charge on any atom is -0.472 e. The van der Waals surface area contributed by atoms with Gasteiger partial charge in [-0.15, -0.1) is 0 Å². The quantitative estimate of drug-likeness (QED) is 0.822. The van der Waals surface area contributed by atoms with E-state index in [-0.39, 0.29) is 11.6 Å². The van der Waals surface area contributed by atoms with Crippen molar-refractivity contribution < 1.29 is 13.9 Å². The van der Waals surface area contributed by atoms with Crippen LogP contribution in [0.2, 0.25) is 0 Å². The highest BCUT2D eigenvalue weighted by Crippen LogP contribution is 2.35. The second-order valence-electron chi connectivity index (χ2n) is 3.92. The van der Waals surface area contributed by atoms with Crippen LogP contribution in [0.5, 0.6) is 0 Å². The van der Waals surface area contributed by atoms with Gasteiger partial charge in [0.25, 0.3) is 0 Å². The molecular formula is C11H17NO3. The van der Waals surface area contributed by atoms with Gasteiger partial charge in [-0.25, -0.2) is 0 Å². The summed E-state index contributed by atoms with van der Waals surface area (Å²) < 4.78 is 16.0. The minimum atomic E-state index is -0.303. The Morgan fingerprint density at radius 3 is 2.73 bits per heavy atom. The molecule has 1 fully saturated rings. The molecule has 15 heavy (non-hydrogen) atoms. The van der Waals surface area contributed by atoms with Gasteiger partial charge in [-0.3, -0.25) is 0 Å². The standard InChI is InChI=1S/C11H17NO3/c1-13-11(3-6-14-7-4-11)10(12)9-2-5-15-8-9/h2,5,8,10H,3-4,6-7,12H2,1H3. The molecule has 2 rings (SSSR count). The van der Waals surface area contributed by atoms with Crippen LogP contribution >= 0.6 is 0 Å². The molecule has 4 nitrogen and oxygen atoms in total. The fourth-order valence-corrected chi connectivity index (χ4v) is 2.11. The SMILES string of the molecule is COC1(C(N)c2ccoc2)CCOCC1. The molecule has 1 aromatic heterocycles. The van der Waals surface area contributed by atoms with Crippen molar-refractivity contribution in [2.75, 3.05) is 20.3 Å². The number of ether oxygens (including phenoxy) is 2. The molecule has 2 N–H and O–H groups in total. The Bertz CT molecular complexity index is 291. The number of hydrogen-bond acceptors (Lipinski definition) is 4. The molecule has 0 amide bonds. The van der Waals surface area contributed by atoms with E-state index in [1.165, 1.54) is 0 Å². The summed E-state index contributed by atoms with van der Waals surface area (Å²) in [7, 11) is 1.71. The lowest BCUT2D eigenvalue weighted by Crippen LogP contribution is -2.47. The van der Waals surface area contributed by atoms with Crippen molar-refractivity contribution in [3.63, 3.8) is 0 Å². The van der Waals surface area contributed by atoms with E-state index in [1.807, 2.05) is 6.07 Å². The highest BCUT2D eigenvalue weighted by Gasteiger charge is 2.39. The summed E-state index contributed by atoms with van der Waals surface area (Å²) in [6.45, 7) is 1.42. The number of nitrogens with two attached hydrogens (primary N) is 1. The summed E-state index contributed by atoms with van der Waals surface area (Å²) in [4.78, 5) is 0. The van der Waals surface area contributed by atoms with Gasteiger partial charge < -0.3 is 19.6 Å². The van der Waals surface area contributed by atoms with Crippen molar-refractivity contribution in [3.05, 3.63) is 24.2 Å². The van der Waals surface area contributed by atoms with Gasteiger partial charge in [-0.2, -0.15) is 0 Å². The van der Waals surface area contributed by atoms with Crippen molar-refractivity contribution in [2.24, 2.45) is 5.73 Å². The maximum Gasteiger partial charge on any atom is 0.0951 e. The average molecular weight is 211 g/mol. The van der Waals surface area contributed by atoms with E-state index in [2.05, 4.69) is 0 Å². The van der Waals surface area contributed by atoms with Crippen molar-refractivity contribution >= 4 is 0 Å². The Morgan fingerprint density at radius 1 is 1.47 bits per heavy atom. The fraction of sp³-hybridized carbons (Fsp3) is 0.636.